The van der Waals surface area contributed by atoms with Crippen LogP contribution in [0, 0.1) is 6.92 Å². The zero-order valence-corrected chi connectivity index (χ0v) is 11.9. The first-order chi connectivity index (χ1) is 9.20. The van der Waals surface area contributed by atoms with Crippen molar-refractivity contribution in [2.24, 2.45) is 0 Å². The van der Waals surface area contributed by atoms with E-state index in [2.05, 4.69) is 5.32 Å². The molecular weight excluding hydrogens is 258 g/mol. The Hall–Kier alpha value is -1.81. The van der Waals surface area contributed by atoms with Gasteiger partial charge < -0.3 is 10.1 Å². The Morgan fingerprint density at radius 3 is 2.58 bits per heavy atom. The van der Waals surface area contributed by atoms with Crippen LogP contribution in [0.5, 0.6) is 0 Å². The van der Waals surface area contributed by atoms with Crippen molar-refractivity contribution in [1.29, 1.82) is 0 Å². The van der Waals surface area contributed by atoms with Crippen LogP contribution in [-0.4, -0.2) is 12.6 Å². The van der Waals surface area contributed by atoms with Gasteiger partial charge in [-0.3, -0.25) is 0 Å². The zero-order chi connectivity index (χ0) is 13.7. The summed E-state index contributed by atoms with van der Waals surface area (Å²) in [4.78, 5) is 14.2. The molecular formula is C15H17NO2S. The fraction of sp³-hybridized carbons (Fsp3) is 0.267. The van der Waals surface area contributed by atoms with Crippen LogP contribution in [-0.2, 0) is 9.53 Å². The average Bonchev–Trinajstić information content (AvgIpc) is 2.84. The molecule has 0 aliphatic rings. The molecule has 2 aromatic rings. The summed E-state index contributed by atoms with van der Waals surface area (Å²) < 4.78 is 5.15. The highest BCUT2D eigenvalue weighted by Crippen LogP contribution is 2.27. The number of carbonyl (C=O) groups excluding carboxylic acids is 1. The van der Waals surface area contributed by atoms with Crippen molar-refractivity contribution >= 4 is 23.0 Å². The quantitative estimate of drug-likeness (QED) is 0.844. The van der Waals surface area contributed by atoms with Crippen LogP contribution in [0.25, 0.3) is 0 Å². The summed E-state index contributed by atoms with van der Waals surface area (Å²) in [6, 6.07) is 13.2. The minimum Gasteiger partial charge on any atom is -0.464 e. The van der Waals surface area contributed by atoms with E-state index in [0.29, 0.717) is 6.61 Å². The fourth-order valence-electron chi connectivity index (χ4n) is 1.78. The molecule has 0 saturated heterocycles. The monoisotopic (exact) mass is 275 g/mol. The molecule has 0 spiro atoms. The number of carbonyl (C=O) groups is 1. The molecule has 100 valence electrons. The lowest BCUT2D eigenvalue weighted by atomic mass is 10.2. The molecule has 1 atom stereocenters. The van der Waals surface area contributed by atoms with Crippen LogP contribution in [0.3, 0.4) is 0 Å². The Kier molecular flexibility index (Phi) is 4.58. The molecule has 0 aliphatic heterocycles. The topological polar surface area (TPSA) is 38.3 Å². The molecule has 1 aromatic heterocycles. The van der Waals surface area contributed by atoms with Crippen LogP contribution in [0.2, 0.25) is 0 Å². The maximum atomic E-state index is 12.1. The number of hydrogen-bond donors (Lipinski definition) is 1. The van der Waals surface area contributed by atoms with E-state index in [1.165, 1.54) is 4.88 Å². The van der Waals surface area contributed by atoms with Gasteiger partial charge in [0.05, 0.1) is 6.61 Å². The molecule has 0 bridgehead atoms. The van der Waals surface area contributed by atoms with E-state index in [9.17, 15) is 4.79 Å². The molecule has 4 heteroatoms. The van der Waals surface area contributed by atoms with Crippen molar-refractivity contribution in [2.45, 2.75) is 19.9 Å². The highest BCUT2D eigenvalue weighted by atomic mass is 32.1. The molecule has 0 radical (unpaired) electrons. The van der Waals surface area contributed by atoms with Gasteiger partial charge in [0.2, 0.25) is 0 Å². The first kappa shape index (κ1) is 13.6. The Morgan fingerprint density at radius 1 is 1.26 bits per heavy atom. The fourth-order valence-corrected chi connectivity index (χ4v) is 2.70. The van der Waals surface area contributed by atoms with E-state index in [-0.39, 0.29) is 5.97 Å². The molecule has 19 heavy (non-hydrogen) atoms. The van der Waals surface area contributed by atoms with E-state index in [0.717, 1.165) is 10.6 Å². The molecule has 1 heterocycles. The van der Waals surface area contributed by atoms with E-state index >= 15 is 0 Å². The molecule has 1 unspecified atom stereocenters. The van der Waals surface area contributed by atoms with Gasteiger partial charge in [-0.15, -0.1) is 11.3 Å². The van der Waals surface area contributed by atoms with E-state index < -0.39 is 6.04 Å². The molecule has 0 amide bonds. The predicted octanol–water partition coefficient (Wildman–Crippen LogP) is 3.77. The number of hydrogen-bond acceptors (Lipinski definition) is 4. The summed E-state index contributed by atoms with van der Waals surface area (Å²) in [6.45, 7) is 4.23. The largest absolute Gasteiger partial charge is 0.464 e. The Bertz CT molecular complexity index is 536. The first-order valence-corrected chi connectivity index (χ1v) is 7.07. The molecule has 0 aliphatic carbocycles. The van der Waals surface area contributed by atoms with Gasteiger partial charge in [0.15, 0.2) is 6.04 Å². The number of anilines is 1. The van der Waals surface area contributed by atoms with E-state index in [1.807, 2.05) is 56.3 Å². The smallest absolute Gasteiger partial charge is 0.334 e. The molecule has 1 N–H and O–H groups in total. The van der Waals surface area contributed by atoms with Crippen molar-refractivity contribution < 1.29 is 9.53 Å². The van der Waals surface area contributed by atoms with Gasteiger partial charge in [-0.05, 0) is 38.1 Å². The maximum Gasteiger partial charge on any atom is 0.334 e. The summed E-state index contributed by atoms with van der Waals surface area (Å²) in [5.41, 5.74) is 0.909. The number of rotatable bonds is 5. The number of benzene rings is 1. The number of para-hydroxylation sites is 1. The molecule has 2 rings (SSSR count). The molecule has 0 fully saturated rings. The Morgan fingerprint density at radius 2 is 2.00 bits per heavy atom. The van der Waals surface area contributed by atoms with Gasteiger partial charge in [0.25, 0.3) is 0 Å². The van der Waals surface area contributed by atoms with Crippen LogP contribution in [0.1, 0.15) is 22.7 Å². The SMILES string of the molecule is CCOC(=O)C(Nc1ccccc1)c1ccc(C)s1. The van der Waals surface area contributed by atoms with Crippen LogP contribution >= 0.6 is 11.3 Å². The van der Waals surface area contributed by atoms with Gasteiger partial charge in [-0.1, -0.05) is 18.2 Å². The summed E-state index contributed by atoms with van der Waals surface area (Å²) in [7, 11) is 0. The van der Waals surface area contributed by atoms with Gasteiger partial charge in [0.1, 0.15) is 0 Å². The summed E-state index contributed by atoms with van der Waals surface area (Å²) in [5.74, 6) is -0.242. The first-order valence-electron chi connectivity index (χ1n) is 6.25. The third kappa shape index (κ3) is 3.58. The lowest BCUT2D eigenvalue weighted by molar-refractivity contribution is -0.144. The van der Waals surface area contributed by atoms with E-state index in [4.69, 9.17) is 4.74 Å². The van der Waals surface area contributed by atoms with Crippen LogP contribution in [0.4, 0.5) is 5.69 Å². The lowest BCUT2D eigenvalue weighted by Crippen LogP contribution is -2.22. The average molecular weight is 275 g/mol. The number of esters is 1. The second-order valence-corrected chi connectivity index (χ2v) is 5.46. The predicted molar refractivity (Wildman–Crippen MR) is 78.5 cm³/mol. The van der Waals surface area contributed by atoms with Gasteiger partial charge in [-0.2, -0.15) is 0 Å². The number of ether oxygens (including phenoxy) is 1. The highest BCUT2D eigenvalue weighted by Gasteiger charge is 2.23. The number of aryl methyl sites for hydroxylation is 1. The third-order valence-electron chi connectivity index (χ3n) is 2.65. The second kappa shape index (κ2) is 6.38. The maximum absolute atomic E-state index is 12.1. The second-order valence-electron chi connectivity index (χ2n) is 4.14. The third-order valence-corrected chi connectivity index (χ3v) is 3.72. The summed E-state index contributed by atoms with van der Waals surface area (Å²) >= 11 is 1.61. The minimum atomic E-state index is -0.443. The lowest BCUT2D eigenvalue weighted by Gasteiger charge is -2.17. The normalized spacial score (nSPS) is 11.9. The van der Waals surface area contributed by atoms with Crippen LogP contribution in [0.15, 0.2) is 42.5 Å². The van der Waals surface area contributed by atoms with Gasteiger partial charge in [-0.25, -0.2) is 4.79 Å². The molecule has 0 saturated carbocycles. The van der Waals surface area contributed by atoms with E-state index in [1.54, 1.807) is 11.3 Å². The minimum absolute atomic E-state index is 0.242. The van der Waals surface area contributed by atoms with Crippen molar-refractivity contribution in [2.75, 3.05) is 11.9 Å². The van der Waals surface area contributed by atoms with Crippen molar-refractivity contribution in [3.8, 4) is 0 Å². The summed E-state index contributed by atoms with van der Waals surface area (Å²) in [5, 5.41) is 3.23. The Balaban J connectivity index is 2.22. The van der Waals surface area contributed by atoms with Crippen molar-refractivity contribution in [3.63, 3.8) is 0 Å². The van der Waals surface area contributed by atoms with Gasteiger partial charge >= 0.3 is 5.97 Å². The standard InChI is InChI=1S/C15H17NO2S/c1-3-18-15(17)14(13-10-9-11(2)19-13)16-12-7-5-4-6-8-12/h4-10,14,16H,3H2,1-2H3. The van der Waals surface area contributed by atoms with Crippen LogP contribution < -0.4 is 5.32 Å². The van der Waals surface area contributed by atoms with Crippen molar-refractivity contribution in [3.05, 3.63) is 52.2 Å². The van der Waals surface area contributed by atoms with Gasteiger partial charge in [0, 0.05) is 15.4 Å². The number of nitrogens with one attached hydrogen (secondary N) is 1. The van der Waals surface area contributed by atoms with Crippen molar-refractivity contribution in [1.82, 2.24) is 0 Å². The molecule has 3 nitrogen and oxygen atoms in total. The molecule has 1 aromatic carbocycles. The Labute approximate surface area is 117 Å². The zero-order valence-electron chi connectivity index (χ0n) is 11.1. The summed E-state index contributed by atoms with van der Waals surface area (Å²) in [6.07, 6.45) is 0. The number of thiophene rings is 1. The highest BCUT2D eigenvalue weighted by molar-refractivity contribution is 7.12.